The van der Waals surface area contributed by atoms with Crippen molar-refractivity contribution >= 4 is 11.6 Å². The van der Waals surface area contributed by atoms with Crippen LogP contribution < -0.4 is 4.74 Å². The number of ketones is 2. The van der Waals surface area contributed by atoms with E-state index in [2.05, 4.69) is 0 Å². The van der Waals surface area contributed by atoms with Crippen molar-refractivity contribution in [2.75, 3.05) is 6.61 Å². The number of aliphatic hydroxyl groups is 4. The Hall–Kier alpha value is -2.82. The number of ether oxygens (including phenoxy) is 2. The van der Waals surface area contributed by atoms with Gasteiger partial charge >= 0.3 is 0 Å². The van der Waals surface area contributed by atoms with E-state index in [0.29, 0.717) is 0 Å². The number of hydrogen-bond donors (Lipinski definition) is 5. The van der Waals surface area contributed by atoms with E-state index >= 15 is 0 Å². The fourth-order valence-electron chi connectivity index (χ4n) is 3.53. The molecule has 9 heteroatoms. The number of benzene rings is 2. The van der Waals surface area contributed by atoms with E-state index < -0.39 is 54.6 Å². The van der Waals surface area contributed by atoms with Gasteiger partial charge in [0.1, 0.15) is 24.4 Å². The molecule has 0 amide bonds. The number of carbonyl (C=O) groups excluding carboxylic acids is 2. The van der Waals surface area contributed by atoms with Crippen molar-refractivity contribution in [1.82, 2.24) is 0 Å². The van der Waals surface area contributed by atoms with E-state index in [0.717, 1.165) is 0 Å². The maximum Gasteiger partial charge on any atom is 0.229 e. The molecule has 0 saturated carbocycles. The number of carbonyl (C=O) groups is 2. The molecule has 5 atom stereocenters. The Morgan fingerprint density at radius 2 is 1.52 bits per heavy atom. The van der Waals surface area contributed by atoms with Crippen molar-refractivity contribution < 1.29 is 44.6 Å². The molecule has 29 heavy (non-hydrogen) atoms. The lowest BCUT2D eigenvalue weighted by atomic mass is 9.83. The van der Waals surface area contributed by atoms with Gasteiger partial charge in [-0.1, -0.05) is 24.3 Å². The molecule has 0 spiro atoms. The third-order valence-electron chi connectivity index (χ3n) is 5.12. The number of phenolic OH excluding ortho intramolecular Hbond substituents is 1. The normalized spacial score (nSPS) is 28.6. The van der Waals surface area contributed by atoms with E-state index in [1.807, 2.05) is 0 Å². The first-order valence-corrected chi connectivity index (χ1v) is 8.86. The summed E-state index contributed by atoms with van der Waals surface area (Å²) >= 11 is 0. The van der Waals surface area contributed by atoms with Gasteiger partial charge in [0.25, 0.3) is 0 Å². The zero-order chi connectivity index (χ0) is 20.9. The molecular formula is C20H18O9. The van der Waals surface area contributed by atoms with E-state index in [-0.39, 0.29) is 28.0 Å². The molecule has 4 rings (SSSR count). The predicted octanol–water partition coefficient (Wildman–Crippen LogP) is -0.654. The standard InChI is InChI=1S/C20H18O9/c21-7-12-17(25)18(26)19(27)20(29-12)28-11-6-5-10-13(16(11)24)15(23)9-4-2-1-3-8(9)14(10)22/h1-6,12,17-21,24-27H,7H2. The van der Waals surface area contributed by atoms with Gasteiger partial charge in [0.2, 0.25) is 6.29 Å². The predicted molar refractivity (Wildman–Crippen MR) is 95.8 cm³/mol. The smallest absolute Gasteiger partial charge is 0.229 e. The van der Waals surface area contributed by atoms with Crippen LogP contribution in [-0.4, -0.2) is 74.4 Å². The van der Waals surface area contributed by atoms with E-state index in [1.54, 1.807) is 12.1 Å². The van der Waals surface area contributed by atoms with Crippen LogP contribution in [-0.2, 0) is 4.74 Å². The first-order valence-electron chi connectivity index (χ1n) is 8.86. The van der Waals surface area contributed by atoms with Crippen LogP contribution in [0.5, 0.6) is 11.5 Å². The highest BCUT2D eigenvalue weighted by Crippen LogP contribution is 2.39. The average Bonchev–Trinajstić information content (AvgIpc) is 2.73. The third kappa shape index (κ3) is 3.00. The fraction of sp³-hybridized carbons (Fsp3) is 0.300. The highest BCUT2D eigenvalue weighted by Gasteiger charge is 2.45. The molecule has 0 aromatic heterocycles. The first kappa shape index (κ1) is 19.5. The minimum absolute atomic E-state index is 0.00681. The summed E-state index contributed by atoms with van der Waals surface area (Å²) < 4.78 is 10.7. The third-order valence-corrected chi connectivity index (χ3v) is 5.12. The lowest BCUT2D eigenvalue weighted by Gasteiger charge is -2.39. The largest absolute Gasteiger partial charge is 0.504 e. The SMILES string of the molecule is O=C1c2ccccc2C(=O)c2c1ccc(OC1OC(CO)C(O)C(O)C1O)c2O. The molecule has 1 heterocycles. The van der Waals surface area contributed by atoms with Crippen LogP contribution in [0.3, 0.4) is 0 Å². The van der Waals surface area contributed by atoms with Crippen molar-refractivity contribution in [2.45, 2.75) is 30.7 Å². The summed E-state index contributed by atoms with van der Waals surface area (Å²) in [7, 11) is 0. The second-order valence-corrected chi connectivity index (χ2v) is 6.85. The number of aliphatic hydroxyl groups excluding tert-OH is 4. The molecule has 1 fully saturated rings. The van der Waals surface area contributed by atoms with Crippen LogP contribution in [0.25, 0.3) is 0 Å². The molecule has 2 aromatic carbocycles. The average molecular weight is 402 g/mol. The van der Waals surface area contributed by atoms with Crippen LogP contribution in [0.1, 0.15) is 31.8 Å². The molecule has 0 radical (unpaired) electrons. The van der Waals surface area contributed by atoms with Gasteiger partial charge in [-0.3, -0.25) is 9.59 Å². The van der Waals surface area contributed by atoms with Gasteiger partial charge in [0, 0.05) is 16.7 Å². The zero-order valence-electron chi connectivity index (χ0n) is 14.9. The molecule has 1 saturated heterocycles. The van der Waals surface area contributed by atoms with Gasteiger partial charge in [0.05, 0.1) is 12.2 Å². The van der Waals surface area contributed by atoms with Crippen molar-refractivity contribution in [3.8, 4) is 11.5 Å². The molecule has 5 unspecified atom stereocenters. The van der Waals surface area contributed by atoms with Gasteiger partial charge in [-0.25, -0.2) is 0 Å². The molecular weight excluding hydrogens is 384 g/mol. The molecule has 2 aromatic rings. The van der Waals surface area contributed by atoms with Gasteiger partial charge in [-0.15, -0.1) is 0 Å². The van der Waals surface area contributed by atoms with Crippen LogP contribution in [0.15, 0.2) is 36.4 Å². The Balaban J connectivity index is 1.69. The van der Waals surface area contributed by atoms with Gasteiger partial charge < -0.3 is 35.0 Å². The topological polar surface area (TPSA) is 154 Å². The lowest BCUT2D eigenvalue weighted by molar-refractivity contribution is -0.277. The van der Waals surface area contributed by atoms with Gasteiger partial charge in [-0.05, 0) is 12.1 Å². The molecule has 1 aliphatic carbocycles. The number of aromatic hydroxyl groups is 1. The van der Waals surface area contributed by atoms with Crippen LogP contribution in [0, 0.1) is 0 Å². The van der Waals surface area contributed by atoms with Crippen molar-refractivity contribution in [2.24, 2.45) is 0 Å². The quantitative estimate of drug-likeness (QED) is 0.384. The summed E-state index contributed by atoms with van der Waals surface area (Å²) in [5.74, 6) is -1.88. The second kappa shape index (κ2) is 7.21. The Labute approximate surface area is 164 Å². The Bertz CT molecular complexity index is 984. The highest BCUT2D eigenvalue weighted by atomic mass is 16.7. The van der Waals surface area contributed by atoms with E-state index in [1.165, 1.54) is 24.3 Å². The maximum absolute atomic E-state index is 12.8. The van der Waals surface area contributed by atoms with Crippen molar-refractivity contribution in [1.29, 1.82) is 0 Å². The molecule has 152 valence electrons. The molecule has 5 N–H and O–H groups in total. The highest BCUT2D eigenvalue weighted by molar-refractivity contribution is 6.29. The molecule has 1 aliphatic heterocycles. The summed E-state index contributed by atoms with van der Waals surface area (Å²) in [5.41, 5.74) is 0.139. The summed E-state index contributed by atoms with van der Waals surface area (Å²) in [5, 5.41) is 49.6. The van der Waals surface area contributed by atoms with E-state index in [4.69, 9.17) is 9.47 Å². The van der Waals surface area contributed by atoms with Gasteiger partial charge in [0.15, 0.2) is 23.1 Å². The zero-order valence-corrected chi connectivity index (χ0v) is 14.9. The maximum atomic E-state index is 12.8. The minimum atomic E-state index is -1.69. The minimum Gasteiger partial charge on any atom is -0.504 e. The first-order chi connectivity index (χ1) is 13.8. The monoisotopic (exact) mass is 402 g/mol. The van der Waals surface area contributed by atoms with Crippen molar-refractivity contribution in [3.05, 3.63) is 58.7 Å². The number of phenols is 1. The Kier molecular flexibility index (Phi) is 4.85. The van der Waals surface area contributed by atoms with Crippen LogP contribution >= 0.6 is 0 Å². The Morgan fingerprint density at radius 1 is 0.862 bits per heavy atom. The fourth-order valence-corrected chi connectivity index (χ4v) is 3.53. The summed E-state index contributed by atoms with van der Waals surface area (Å²) in [4.78, 5) is 25.5. The van der Waals surface area contributed by atoms with Gasteiger partial charge in [-0.2, -0.15) is 0 Å². The Morgan fingerprint density at radius 3 is 2.17 bits per heavy atom. The second-order valence-electron chi connectivity index (χ2n) is 6.85. The lowest BCUT2D eigenvalue weighted by Crippen LogP contribution is -2.60. The van der Waals surface area contributed by atoms with Crippen LogP contribution in [0.2, 0.25) is 0 Å². The number of hydrogen-bond acceptors (Lipinski definition) is 9. The molecule has 0 bridgehead atoms. The van der Waals surface area contributed by atoms with E-state index in [9.17, 15) is 35.1 Å². The number of fused-ring (bicyclic) bond motifs is 2. The number of rotatable bonds is 3. The van der Waals surface area contributed by atoms with Crippen molar-refractivity contribution in [3.63, 3.8) is 0 Å². The molecule has 2 aliphatic rings. The summed E-state index contributed by atoms with van der Waals surface area (Å²) in [6.45, 7) is -0.648. The van der Waals surface area contributed by atoms with Crippen LogP contribution in [0.4, 0.5) is 0 Å². The summed E-state index contributed by atoms with van der Waals surface area (Å²) in [6.07, 6.45) is -7.67. The summed E-state index contributed by atoms with van der Waals surface area (Å²) in [6, 6.07) is 8.77. The molecule has 9 nitrogen and oxygen atoms in total.